The number of carbonyl (C=O) groups excluding carboxylic acids is 1. The first-order valence-corrected chi connectivity index (χ1v) is 8.71. The molecule has 24 heavy (non-hydrogen) atoms. The third-order valence-corrected chi connectivity index (χ3v) is 4.82. The maximum atomic E-state index is 12.5. The molecule has 128 valence electrons. The Bertz CT molecular complexity index is 678. The molecule has 2 N–H and O–H groups in total. The first-order valence-electron chi connectivity index (χ1n) is 8.71. The Hall–Kier alpha value is -2.14. The number of aryl methyl sites for hydroxylation is 1. The zero-order chi connectivity index (χ0) is 16.9. The van der Waals surface area contributed by atoms with Crippen LogP contribution < -0.4 is 5.32 Å². The first kappa shape index (κ1) is 16.7. The number of amides is 1. The summed E-state index contributed by atoms with van der Waals surface area (Å²) >= 11 is 0. The number of rotatable bonds is 4. The van der Waals surface area contributed by atoms with Gasteiger partial charge in [0.15, 0.2) is 0 Å². The number of aliphatic hydroxyl groups excluding tert-OH is 1. The zero-order valence-electron chi connectivity index (χ0n) is 14.1. The molecular weight excluding hydrogens is 302 g/mol. The van der Waals surface area contributed by atoms with E-state index in [-0.39, 0.29) is 24.5 Å². The van der Waals surface area contributed by atoms with Crippen molar-refractivity contribution < 1.29 is 9.90 Å². The number of aliphatic hydroxyl groups is 1. The Morgan fingerprint density at radius 3 is 2.67 bits per heavy atom. The molecular formula is C19H25N3O2. The number of nitrogens with one attached hydrogen (secondary N) is 1. The van der Waals surface area contributed by atoms with Gasteiger partial charge in [-0.05, 0) is 49.6 Å². The number of aromatic nitrogens is 2. The average Bonchev–Trinajstić information content (AvgIpc) is 2.91. The summed E-state index contributed by atoms with van der Waals surface area (Å²) in [6.07, 6.45) is 9.12. The molecule has 1 aromatic heterocycles. The van der Waals surface area contributed by atoms with Crippen molar-refractivity contribution in [1.29, 1.82) is 0 Å². The Balaban J connectivity index is 1.68. The van der Waals surface area contributed by atoms with Gasteiger partial charge < -0.3 is 10.4 Å². The predicted octanol–water partition coefficient (Wildman–Crippen LogP) is 2.85. The van der Waals surface area contributed by atoms with Crippen LogP contribution in [-0.2, 0) is 0 Å². The minimum atomic E-state index is -0.0662. The van der Waals surface area contributed by atoms with Crippen LogP contribution in [0.5, 0.6) is 0 Å². The fraction of sp³-hybridized carbons (Fsp3) is 0.474. The van der Waals surface area contributed by atoms with Gasteiger partial charge in [-0.2, -0.15) is 5.10 Å². The lowest BCUT2D eigenvalue weighted by atomic mass is 9.95. The van der Waals surface area contributed by atoms with E-state index in [0.29, 0.717) is 5.56 Å². The molecule has 0 spiro atoms. The van der Waals surface area contributed by atoms with E-state index in [2.05, 4.69) is 10.4 Å². The van der Waals surface area contributed by atoms with Gasteiger partial charge in [-0.3, -0.25) is 4.79 Å². The predicted molar refractivity (Wildman–Crippen MR) is 93.2 cm³/mol. The Labute approximate surface area is 142 Å². The fourth-order valence-corrected chi connectivity index (χ4v) is 3.36. The van der Waals surface area contributed by atoms with Gasteiger partial charge in [-0.15, -0.1) is 0 Å². The molecule has 1 heterocycles. The van der Waals surface area contributed by atoms with E-state index in [1.54, 1.807) is 4.68 Å². The zero-order valence-corrected chi connectivity index (χ0v) is 14.1. The second-order valence-electron chi connectivity index (χ2n) is 6.67. The van der Waals surface area contributed by atoms with Crippen molar-refractivity contribution in [1.82, 2.24) is 15.1 Å². The van der Waals surface area contributed by atoms with Crippen LogP contribution >= 0.6 is 0 Å². The van der Waals surface area contributed by atoms with Crippen molar-refractivity contribution in [2.75, 3.05) is 6.61 Å². The van der Waals surface area contributed by atoms with Gasteiger partial charge in [0.2, 0.25) is 0 Å². The van der Waals surface area contributed by atoms with E-state index >= 15 is 0 Å². The highest BCUT2D eigenvalue weighted by molar-refractivity contribution is 5.94. The third kappa shape index (κ3) is 3.85. The van der Waals surface area contributed by atoms with Crippen molar-refractivity contribution in [2.45, 2.75) is 45.1 Å². The summed E-state index contributed by atoms with van der Waals surface area (Å²) in [4.78, 5) is 12.5. The van der Waals surface area contributed by atoms with Crippen LogP contribution in [0.4, 0.5) is 0 Å². The summed E-state index contributed by atoms with van der Waals surface area (Å²) in [5, 5.41) is 17.0. The number of hydrogen-bond donors (Lipinski definition) is 2. The molecule has 2 atom stereocenters. The SMILES string of the molecule is Cc1cnn(-c2ccc(C(=O)NC3CCCCCC3CO)cc2)c1. The molecule has 0 radical (unpaired) electrons. The average molecular weight is 327 g/mol. The Kier molecular flexibility index (Phi) is 5.30. The lowest BCUT2D eigenvalue weighted by Gasteiger charge is -2.24. The van der Waals surface area contributed by atoms with Crippen LogP contribution in [0.3, 0.4) is 0 Å². The normalized spacial score (nSPS) is 21.2. The molecule has 1 aliphatic rings. The fourth-order valence-electron chi connectivity index (χ4n) is 3.36. The van der Waals surface area contributed by atoms with E-state index in [1.807, 2.05) is 43.6 Å². The molecule has 2 aromatic rings. The first-order chi connectivity index (χ1) is 11.7. The molecule has 1 fully saturated rings. The van der Waals surface area contributed by atoms with Crippen molar-refractivity contribution in [3.8, 4) is 5.69 Å². The molecule has 3 rings (SSSR count). The van der Waals surface area contributed by atoms with Gasteiger partial charge in [0, 0.05) is 30.3 Å². The van der Waals surface area contributed by atoms with Crippen LogP contribution in [0.1, 0.15) is 48.0 Å². The Morgan fingerprint density at radius 2 is 2.00 bits per heavy atom. The van der Waals surface area contributed by atoms with Gasteiger partial charge in [-0.1, -0.05) is 19.3 Å². The van der Waals surface area contributed by atoms with E-state index in [4.69, 9.17) is 0 Å². The monoisotopic (exact) mass is 327 g/mol. The largest absolute Gasteiger partial charge is 0.396 e. The lowest BCUT2D eigenvalue weighted by Crippen LogP contribution is -2.41. The number of carbonyl (C=O) groups is 1. The summed E-state index contributed by atoms with van der Waals surface area (Å²) in [5.74, 6) is 0.103. The highest BCUT2D eigenvalue weighted by atomic mass is 16.3. The number of benzene rings is 1. The Morgan fingerprint density at radius 1 is 1.25 bits per heavy atom. The van der Waals surface area contributed by atoms with Gasteiger partial charge >= 0.3 is 0 Å². The second-order valence-corrected chi connectivity index (χ2v) is 6.67. The molecule has 1 saturated carbocycles. The maximum absolute atomic E-state index is 12.5. The topological polar surface area (TPSA) is 67.2 Å². The van der Waals surface area contributed by atoms with Gasteiger partial charge in [0.05, 0.1) is 11.9 Å². The highest BCUT2D eigenvalue weighted by Crippen LogP contribution is 2.23. The number of hydrogen-bond acceptors (Lipinski definition) is 3. The van der Waals surface area contributed by atoms with E-state index in [1.165, 1.54) is 6.42 Å². The standard InChI is InChI=1S/C19H25N3O2/c1-14-11-20-22(12-14)17-9-7-15(8-10-17)19(24)21-18-6-4-2-3-5-16(18)13-23/h7-12,16,18,23H,2-6,13H2,1H3,(H,21,24). The molecule has 2 unspecified atom stereocenters. The van der Waals surface area contributed by atoms with Crippen LogP contribution in [0.2, 0.25) is 0 Å². The minimum Gasteiger partial charge on any atom is -0.396 e. The van der Waals surface area contributed by atoms with Crippen LogP contribution in [0.15, 0.2) is 36.7 Å². The van der Waals surface area contributed by atoms with Gasteiger partial charge in [0.1, 0.15) is 0 Å². The molecule has 0 aliphatic heterocycles. The van der Waals surface area contributed by atoms with Crippen molar-refractivity contribution in [2.24, 2.45) is 5.92 Å². The minimum absolute atomic E-state index is 0.0662. The summed E-state index contributed by atoms with van der Waals surface area (Å²) in [6.45, 7) is 2.14. The smallest absolute Gasteiger partial charge is 0.251 e. The van der Waals surface area contributed by atoms with Crippen molar-refractivity contribution >= 4 is 5.91 Å². The lowest BCUT2D eigenvalue weighted by molar-refractivity contribution is 0.0899. The molecule has 1 aromatic carbocycles. The van der Waals surface area contributed by atoms with Gasteiger partial charge in [0.25, 0.3) is 5.91 Å². The molecule has 0 saturated heterocycles. The summed E-state index contributed by atoms with van der Waals surface area (Å²) in [6, 6.07) is 7.52. The van der Waals surface area contributed by atoms with Crippen LogP contribution in [0, 0.1) is 12.8 Å². The quantitative estimate of drug-likeness (QED) is 0.849. The molecule has 1 aliphatic carbocycles. The van der Waals surface area contributed by atoms with E-state index < -0.39 is 0 Å². The summed E-state index contributed by atoms with van der Waals surface area (Å²) in [7, 11) is 0. The molecule has 5 heteroatoms. The maximum Gasteiger partial charge on any atom is 0.251 e. The molecule has 1 amide bonds. The molecule has 0 bridgehead atoms. The van der Waals surface area contributed by atoms with Gasteiger partial charge in [-0.25, -0.2) is 4.68 Å². The van der Waals surface area contributed by atoms with Crippen molar-refractivity contribution in [3.63, 3.8) is 0 Å². The highest BCUT2D eigenvalue weighted by Gasteiger charge is 2.24. The molecule has 5 nitrogen and oxygen atoms in total. The van der Waals surface area contributed by atoms with Crippen LogP contribution in [-0.4, -0.2) is 33.4 Å². The van der Waals surface area contributed by atoms with E-state index in [9.17, 15) is 9.90 Å². The summed E-state index contributed by atoms with van der Waals surface area (Å²) < 4.78 is 1.80. The van der Waals surface area contributed by atoms with E-state index in [0.717, 1.165) is 36.9 Å². The second kappa shape index (κ2) is 7.62. The third-order valence-electron chi connectivity index (χ3n) is 4.82. The van der Waals surface area contributed by atoms with Crippen molar-refractivity contribution in [3.05, 3.63) is 47.8 Å². The van der Waals surface area contributed by atoms with Crippen LogP contribution in [0.25, 0.3) is 5.69 Å². The number of nitrogens with zero attached hydrogens (tertiary/aromatic N) is 2. The summed E-state index contributed by atoms with van der Waals surface area (Å²) in [5.41, 5.74) is 2.67.